The van der Waals surface area contributed by atoms with Gasteiger partial charge in [-0.2, -0.15) is 0 Å². The van der Waals surface area contributed by atoms with Crippen LogP contribution in [0.25, 0.3) is 0 Å². The van der Waals surface area contributed by atoms with Crippen molar-refractivity contribution in [3.8, 4) is 0 Å². The van der Waals surface area contributed by atoms with Crippen molar-refractivity contribution in [3.05, 3.63) is 46.3 Å². The van der Waals surface area contributed by atoms with E-state index in [1.165, 1.54) is 13.8 Å². The van der Waals surface area contributed by atoms with Gasteiger partial charge in [-0.15, -0.1) is 0 Å². The van der Waals surface area contributed by atoms with E-state index in [-0.39, 0.29) is 35.9 Å². The van der Waals surface area contributed by atoms with Crippen LogP contribution < -0.4 is 0 Å². The van der Waals surface area contributed by atoms with E-state index in [9.17, 15) is 19.8 Å². The summed E-state index contributed by atoms with van der Waals surface area (Å²) in [5, 5.41) is 22.6. The number of rotatable bonds is 10. The highest BCUT2D eigenvalue weighted by molar-refractivity contribution is 6.28. The van der Waals surface area contributed by atoms with Crippen molar-refractivity contribution < 1.29 is 29.3 Å². The molecule has 228 valence electrons. The Morgan fingerprint density at radius 3 is 2.07 bits per heavy atom. The zero-order valence-electron chi connectivity index (χ0n) is 27.1. The van der Waals surface area contributed by atoms with Gasteiger partial charge in [-0.25, -0.2) is 0 Å². The van der Waals surface area contributed by atoms with E-state index < -0.39 is 51.5 Å². The SMILES string of the molecule is CC(C)=CCC[C@]1(C)[C@@H](CC=C(C)C)C[C@]2(CC=C(C)C)C(=O)C3=C(O[C@H](C(C)(C)O)[C@H]3O)[C@@]1(C(=O)C(C)C)C2=O. The fourth-order valence-electron chi connectivity index (χ4n) is 7.44. The number of carbonyl (C=O) groups is 3. The molecule has 0 spiro atoms. The van der Waals surface area contributed by atoms with Gasteiger partial charge in [-0.3, -0.25) is 14.4 Å². The number of hydrogen-bond donors (Lipinski definition) is 2. The molecule has 3 rings (SSSR count). The summed E-state index contributed by atoms with van der Waals surface area (Å²) in [6.07, 6.45) is 5.77. The molecule has 6 atom stereocenters. The lowest BCUT2D eigenvalue weighted by molar-refractivity contribution is -0.181. The molecule has 0 aromatic carbocycles. The number of carbonyl (C=O) groups excluding carboxylic acids is 3. The molecule has 6 nitrogen and oxygen atoms in total. The van der Waals surface area contributed by atoms with Crippen molar-refractivity contribution in [1.82, 2.24) is 0 Å². The molecule has 0 unspecified atom stereocenters. The Morgan fingerprint density at radius 2 is 1.59 bits per heavy atom. The van der Waals surface area contributed by atoms with Crippen molar-refractivity contribution in [1.29, 1.82) is 0 Å². The predicted molar refractivity (Wildman–Crippen MR) is 162 cm³/mol. The second-order valence-electron chi connectivity index (χ2n) is 14.5. The second-order valence-corrected chi connectivity index (χ2v) is 14.5. The highest BCUT2D eigenvalue weighted by Gasteiger charge is 2.78. The lowest BCUT2D eigenvalue weighted by atomic mass is 9.38. The van der Waals surface area contributed by atoms with Crippen LogP contribution in [0.2, 0.25) is 0 Å². The number of allylic oxidation sites excluding steroid dienone is 7. The van der Waals surface area contributed by atoms with Crippen LogP contribution in [0.3, 0.4) is 0 Å². The van der Waals surface area contributed by atoms with Crippen LogP contribution in [0.1, 0.15) is 108 Å². The van der Waals surface area contributed by atoms with E-state index in [2.05, 4.69) is 12.2 Å². The van der Waals surface area contributed by atoms with Crippen molar-refractivity contribution in [3.63, 3.8) is 0 Å². The Bertz CT molecular complexity index is 1210. The molecular weight excluding hydrogens is 516 g/mol. The number of Topliss-reactive ketones (excluding diaryl/α,β-unsaturated/α-hetero) is 3. The molecule has 1 fully saturated rings. The van der Waals surface area contributed by atoms with E-state index in [1.807, 2.05) is 54.5 Å². The first-order valence-electron chi connectivity index (χ1n) is 15.1. The molecule has 6 heteroatoms. The van der Waals surface area contributed by atoms with Crippen LogP contribution in [0.5, 0.6) is 0 Å². The number of ether oxygens (including phenoxy) is 1. The maximum atomic E-state index is 15.3. The van der Waals surface area contributed by atoms with E-state index in [1.54, 1.807) is 13.8 Å². The lowest BCUT2D eigenvalue weighted by Crippen LogP contribution is -2.70. The average molecular weight is 569 g/mol. The van der Waals surface area contributed by atoms with Gasteiger partial charge in [0, 0.05) is 5.92 Å². The topological polar surface area (TPSA) is 101 Å². The Kier molecular flexibility index (Phi) is 9.24. The highest BCUT2D eigenvalue weighted by atomic mass is 16.5. The lowest BCUT2D eigenvalue weighted by Gasteiger charge is -2.61. The summed E-state index contributed by atoms with van der Waals surface area (Å²) < 4.78 is 6.38. The maximum Gasteiger partial charge on any atom is 0.178 e. The molecule has 1 saturated carbocycles. The zero-order valence-corrected chi connectivity index (χ0v) is 27.1. The largest absolute Gasteiger partial charge is 0.487 e. The van der Waals surface area contributed by atoms with Crippen LogP contribution in [0.15, 0.2) is 46.3 Å². The normalized spacial score (nSPS) is 32.9. The van der Waals surface area contributed by atoms with Gasteiger partial charge in [0.15, 0.2) is 28.9 Å². The smallest absolute Gasteiger partial charge is 0.178 e. The molecule has 0 saturated heterocycles. The van der Waals surface area contributed by atoms with Crippen molar-refractivity contribution in [2.75, 3.05) is 0 Å². The fourth-order valence-corrected chi connectivity index (χ4v) is 7.44. The van der Waals surface area contributed by atoms with Gasteiger partial charge in [0.05, 0.1) is 16.6 Å². The van der Waals surface area contributed by atoms with Gasteiger partial charge < -0.3 is 14.9 Å². The molecule has 3 aliphatic rings. The van der Waals surface area contributed by atoms with Crippen LogP contribution >= 0.6 is 0 Å². The monoisotopic (exact) mass is 568 g/mol. The third kappa shape index (κ3) is 5.24. The molecule has 0 amide bonds. The van der Waals surface area contributed by atoms with Crippen molar-refractivity contribution in [2.24, 2.45) is 28.1 Å². The molecule has 1 heterocycles. The Hall–Kier alpha value is -2.31. The standard InChI is InChI=1S/C35H52O6/c1-20(2)13-12-17-33(11)24(15-14-21(3)4)19-34(18-16-22(5)6)28(38)25-26(36)30(32(9,10)40)41-29(25)35(33,31(34)39)27(37)23(7)8/h13-14,16,23-24,26,30,36,40H,12,15,17-19H2,1-11H3/t24-,26-,30-,33+,34+,35-/m0/s1. The van der Waals surface area contributed by atoms with Crippen molar-refractivity contribution in [2.45, 2.75) is 126 Å². The van der Waals surface area contributed by atoms with Gasteiger partial charge in [-0.1, -0.05) is 55.7 Å². The van der Waals surface area contributed by atoms with Gasteiger partial charge in [0.25, 0.3) is 0 Å². The first-order chi connectivity index (χ1) is 18.8. The third-order valence-electron chi connectivity index (χ3n) is 9.70. The number of fused-ring (bicyclic) bond motifs is 3. The summed E-state index contributed by atoms with van der Waals surface area (Å²) in [6, 6.07) is 0. The van der Waals surface area contributed by atoms with Crippen LogP contribution in [-0.2, 0) is 19.1 Å². The van der Waals surface area contributed by atoms with Crippen LogP contribution in [-0.4, -0.2) is 45.4 Å². The minimum atomic E-state index is -1.77. The summed E-state index contributed by atoms with van der Waals surface area (Å²) in [5.74, 6) is -1.88. The van der Waals surface area contributed by atoms with E-state index in [4.69, 9.17) is 4.74 Å². The quantitative estimate of drug-likeness (QED) is 0.227. The first kappa shape index (κ1) is 33.2. The number of aliphatic hydroxyl groups is 2. The van der Waals surface area contributed by atoms with Crippen LogP contribution in [0.4, 0.5) is 0 Å². The highest BCUT2D eigenvalue weighted by Crippen LogP contribution is 2.69. The molecule has 0 aromatic heterocycles. The minimum absolute atomic E-state index is 0.00184. The molecular formula is C35H52O6. The van der Waals surface area contributed by atoms with Gasteiger partial charge in [0.2, 0.25) is 0 Å². The first-order valence-corrected chi connectivity index (χ1v) is 15.1. The molecule has 2 bridgehead atoms. The van der Waals surface area contributed by atoms with Gasteiger partial charge >= 0.3 is 0 Å². The summed E-state index contributed by atoms with van der Waals surface area (Å²) >= 11 is 0. The number of ketones is 3. The summed E-state index contributed by atoms with van der Waals surface area (Å²) in [6.45, 7) is 20.6. The maximum absolute atomic E-state index is 15.3. The summed E-state index contributed by atoms with van der Waals surface area (Å²) in [5.41, 5.74) is -2.46. The van der Waals surface area contributed by atoms with E-state index in [0.29, 0.717) is 19.3 Å². The third-order valence-corrected chi connectivity index (χ3v) is 9.70. The van der Waals surface area contributed by atoms with Crippen LogP contribution in [0, 0.1) is 28.1 Å². The fraction of sp³-hybridized carbons (Fsp3) is 0.686. The summed E-state index contributed by atoms with van der Waals surface area (Å²) in [4.78, 5) is 44.7. The molecule has 2 N–H and O–H groups in total. The van der Waals surface area contributed by atoms with E-state index >= 15 is 4.79 Å². The predicted octanol–water partition coefficient (Wildman–Crippen LogP) is 6.61. The second kappa shape index (κ2) is 11.4. The molecule has 2 aliphatic carbocycles. The molecule has 0 aromatic rings. The minimum Gasteiger partial charge on any atom is -0.487 e. The van der Waals surface area contributed by atoms with Gasteiger partial charge in [-0.05, 0) is 98.8 Å². The van der Waals surface area contributed by atoms with E-state index in [0.717, 1.165) is 16.7 Å². The number of aliphatic hydroxyl groups excluding tert-OH is 1. The molecule has 0 radical (unpaired) electrons. The average Bonchev–Trinajstić information content (AvgIpc) is 3.19. The molecule has 1 aliphatic heterocycles. The Morgan fingerprint density at radius 1 is 1.02 bits per heavy atom. The zero-order chi connectivity index (χ0) is 31.3. The Balaban J connectivity index is 2.51. The molecule has 41 heavy (non-hydrogen) atoms. The number of hydrogen-bond acceptors (Lipinski definition) is 6. The summed E-state index contributed by atoms with van der Waals surface area (Å²) in [7, 11) is 0. The van der Waals surface area contributed by atoms with Crippen molar-refractivity contribution >= 4 is 17.3 Å². The van der Waals surface area contributed by atoms with Gasteiger partial charge in [0.1, 0.15) is 11.9 Å². The Labute approximate surface area is 247 Å².